The Kier molecular flexibility index (Phi) is 5.12. The first-order chi connectivity index (χ1) is 8.49. The summed E-state index contributed by atoms with van der Waals surface area (Å²) in [5.74, 6) is 0.680. The van der Waals surface area contributed by atoms with Gasteiger partial charge in [0.25, 0.3) is 0 Å². The zero-order valence-corrected chi connectivity index (χ0v) is 14.2. The molecule has 5 heteroatoms. The lowest BCUT2D eigenvalue weighted by molar-refractivity contribution is 0.273. The Morgan fingerprint density at radius 3 is 2.89 bits per heavy atom. The Labute approximate surface area is 127 Å². The number of hydrogen-bond acceptors (Lipinski definition) is 3. The fraction of sp³-hybridized carbons (Fsp3) is 0.692. The summed E-state index contributed by atoms with van der Waals surface area (Å²) < 4.78 is 1.89. The van der Waals surface area contributed by atoms with Gasteiger partial charge in [0.2, 0.25) is 0 Å². The number of halogens is 2. The molecule has 1 aromatic heterocycles. The van der Waals surface area contributed by atoms with Gasteiger partial charge in [-0.1, -0.05) is 25.4 Å². The molecule has 2 unspecified atom stereocenters. The van der Waals surface area contributed by atoms with Crippen LogP contribution in [0.25, 0.3) is 0 Å². The van der Waals surface area contributed by atoms with E-state index in [1.807, 2.05) is 0 Å². The van der Waals surface area contributed by atoms with E-state index in [9.17, 15) is 0 Å². The minimum Gasteiger partial charge on any atom is -0.314 e. The maximum Gasteiger partial charge on any atom is 0.107 e. The summed E-state index contributed by atoms with van der Waals surface area (Å²) in [5.41, 5.74) is 0. The molecule has 0 spiro atoms. The Bertz CT molecular complexity index is 388. The maximum atomic E-state index is 6.17. The Balaban J connectivity index is 2.12. The van der Waals surface area contributed by atoms with Crippen LogP contribution in [0.2, 0.25) is 4.34 Å². The van der Waals surface area contributed by atoms with E-state index in [4.69, 9.17) is 11.6 Å². The summed E-state index contributed by atoms with van der Waals surface area (Å²) in [6, 6.07) is 3.24. The Morgan fingerprint density at radius 1 is 1.61 bits per heavy atom. The maximum absolute atomic E-state index is 6.17. The molecule has 1 N–H and O–H groups in total. The van der Waals surface area contributed by atoms with Gasteiger partial charge >= 0.3 is 0 Å². The van der Waals surface area contributed by atoms with Crippen LogP contribution >= 0.6 is 38.9 Å². The second-order valence-corrected chi connectivity index (χ2v) is 7.85. The van der Waals surface area contributed by atoms with Crippen LogP contribution in [-0.4, -0.2) is 31.1 Å². The molecule has 2 heterocycles. The highest BCUT2D eigenvalue weighted by Gasteiger charge is 2.34. The van der Waals surface area contributed by atoms with Crippen LogP contribution in [0.15, 0.2) is 10.5 Å². The first kappa shape index (κ1) is 14.8. The van der Waals surface area contributed by atoms with Gasteiger partial charge in [0.1, 0.15) is 4.34 Å². The molecule has 102 valence electrons. The summed E-state index contributed by atoms with van der Waals surface area (Å²) in [4.78, 5) is 3.82. The molecule has 0 saturated carbocycles. The largest absolute Gasteiger partial charge is 0.314 e. The van der Waals surface area contributed by atoms with Gasteiger partial charge in [-0.15, -0.1) is 11.3 Å². The van der Waals surface area contributed by atoms with E-state index >= 15 is 0 Å². The van der Waals surface area contributed by atoms with Gasteiger partial charge in [-0.3, -0.25) is 4.90 Å². The predicted octanol–water partition coefficient (Wildman–Crippen LogP) is 4.15. The lowest BCUT2D eigenvalue weighted by atomic mass is 9.99. The van der Waals surface area contributed by atoms with Crippen molar-refractivity contribution < 1.29 is 0 Å². The van der Waals surface area contributed by atoms with Gasteiger partial charge in [-0.2, -0.15) is 0 Å². The first-order valence-electron chi connectivity index (χ1n) is 6.37. The molecule has 2 atom stereocenters. The van der Waals surface area contributed by atoms with Crippen LogP contribution in [-0.2, 0) is 0 Å². The van der Waals surface area contributed by atoms with Crippen molar-refractivity contribution in [2.45, 2.75) is 32.4 Å². The van der Waals surface area contributed by atoms with Crippen molar-refractivity contribution in [1.82, 2.24) is 10.2 Å². The third-order valence-electron chi connectivity index (χ3n) is 3.52. The van der Waals surface area contributed by atoms with Crippen LogP contribution in [0.1, 0.15) is 31.2 Å². The molecule has 2 rings (SSSR count). The molecule has 0 bridgehead atoms. The third kappa shape index (κ3) is 3.28. The number of rotatable bonds is 4. The van der Waals surface area contributed by atoms with Gasteiger partial charge in [-0.25, -0.2) is 0 Å². The smallest absolute Gasteiger partial charge is 0.107 e. The van der Waals surface area contributed by atoms with E-state index in [2.05, 4.69) is 53.1 Å². The van der Waals surface area contributed by atoms with Crippen LogP contribution < -0.4 is 5.32 Å². The van der Waals surface area contributed by atoms with Crippen molar-refractivity contribution >= 4 is 38.9 Å². The van der Waals surface area contributed by atoms with E-state index in [0.717, 1.165) is 15.4 Å². The normalized spacial score (nSPS) is 25.2. The first-order valence-corrected chi connectivity index (χ1v) is 8.36. The molecule has 18 heavy (non-hydrogen) atoms. The zero-order chi connectivity index (χ0) is 13.3. The van der Waals surface area contributed by atoms with E-state index in [1.165, 1.54) is 17.8 Å². The van der Waals surface area contributed by atoms with E-state index in [1.54, 1.807) is 11.3 Å². The average Bonchev–Trinajstić information content (AvgIpc) is 2.80. The monoisotopic (exact) mass is 350 g/mol. The van der Waals surface area contributed by atoms with Crippen LogP contribution in [0, 0.1) is 5.92 Å². The van der Waals surface area contributed by atoms with Gasteiger partial charge in [-0.05, 0) is 47.9 Å². The summed E-state index contributed by atoms with van der Waals surface area (Å²) in [6.45, 7) is 6.65. The highest BCUT2D eigenvalue weighted by atomic mass is 79.9. The van der Waals surface area contributed by atoms with Crippen LogP contribution in [0.3, 0.4) is 0 Å². The minimum atomic E-state index is 0.505. The average molecular weight is 352 g/mol. The molecule has 0 amide bonds. The second kappa shape index (κ2) is 6.23. The van der Waals surface area contributed by atoms with Crippen molar-refractivity contribution in [1.29, 1.82) is 0 Å². The molecule has 1 aromatic rings. The summed E-state index contributed by atoms with van der Waals surface area (Å²) >= 11 is 11.4. The van der Waals surface area contributed by atoms with E-state index < -0.39 is 0 Å². The quantitative estimate of drug-likeness (QED) is 0.876. The van der Waals surface area contributed by atoms with Crippen LogP contribution in [0.5, 0.6) is 0 Å². The number of thiophene rings is 1. The Hall–Kier alpha value is 0.390. The highest BCUT2D eigenvalue weighted by Crippen LogP contribution is 2.43. The van der Waals surface area contributed by atoms with Crippen molar-refractivity contribution in [2.75, 3.05) is 20.1 Å². The molecule has 1 fully saturated rings. The molecular weight excluding hydrogens is 332 g/mol. The number of hydrogen-bond donors (Lipinski definition) is 1. The standard InChI is InChI=1S/C13H20BrClN2S/c1-8(2)16-7-9-4-5-17(3)12(9)11-6-10(14)13(15)18-11/h6,8-9,12,16H,4-5,7H2,1-3H3. The molecule has 0 aliphatic carbocycles. The second-order valence-electron chi connectivity index (χ2n) is 5.31. The lowest BCUT2D eigenvalue weighted by Gasteiger charge is -2.25. The van der Waals surface area contributed by atoms with Crippen molar-refractivity contribution in [3.63, 3.8) is 0 Å². The number of nitrogens with zero attached hydrogens (tertiary/aromatic N) is 1. The fourth-order valence-electron chi connectivity index (χ4n) is 2.59. The molecule has 2 nitrogen and oxygen atoms in total. The van der Waals surface area contributed by atoms with Crippen molar-refractivity contribution in [2.24, 2.45) is 5.92 Å². The predicted molar refractivity (Wildman–Crippen MR) is 83.6 cm³/mol. The van der Waals surface area contributed by atoms with Gasteiger partial charge in [0.05, 0.1) is 0 Å². The van der Waals surface area contributed by atoms with Crippen LogP contribution in [0.4, 0.5) is 0 Å². The van der Waals surface area contributed by atoms with Gasteiger partial charge in [0, 0.05) is 28.0 Å². The summed E-state index contributed by atoms with van der Waals surface area (Å²) in [5, 5.41) is 3.56. The molecule has 1 aliphatic heterocycles. The molecule has 0 aromatic carbocycles. The SMILES string of the molecule is CC(C)NCC1CCN(C)C1c1cc(Br)c(Cl)s1. The van der Waals surface area contributed by atoms with E-state index in [0.29, 0.717) is 18.0 Å². The third-order valence-corrected chi connectivity index (χ3v) is 6.06. The fourth-order valence-corrected chi connectivity index (χ4v) is 4.58. The van der Waals surface area contributed by atoms with Crippen molar-refractivity contribution in [3.05, 3.63) is 19.8 Å². The molecule has 1 aliphatic rings. The summed E-state index contributed by atoms with van der Waals surface area (Å²) in [7, 11) is 2.21. The topological polar surface area (TPSA) is 15.3 Å². The Morgan fingerprint density at radius 2 is 2.33 bits per heavy atom. The zero-order valence-electron chi connectivity index (χ0n) is 11.0. The summed E-state index contributed by atoms with van der Waals surface area (Å²) in [6.07, 6.45) is 1.26. The van der Waals surface area contributed by atoms with E-state index in [-0.39, 0.29) is 0 Å². The highest BCUT2D eigenvalue weighted by molar-refractivity contribution is 9.10. The molecular formula is C13H20BrClN2S. The molecule has 0 radical (unpaired) electrons. The molecule has 1 saturated heterocycles. The minimum absolute atomic E-state index is 0.505. The van der Waals surface area contributed by atoms with Crippen molar-refractivity contribution in [3.8, 4) is 0 Å². The lowest BCUT2D eigenvalue weighted by Crippen LogP contribution is -2.31. The number of likely N-dealkylation sites (tertiary alicyclic amines) is 1. The number of nitrogens with one attached hydrogen (secondary N) is 1. The van der Waals surface area contributed by atoms with Gasteiger partial charge in [0.15, 0.2) is 0 Å². The van der Waals surface area contributed by atoms with Gasteiger partial charge < -0.3 is 5.32 Å².